The molecule has 1 amide bonds. The molecule has 0 aromatic heterocycles. The Bertz CT molecular complexity index is 816. The Balaban J connectivity index is 2.14. The van der Waals surface area contributed by atoms with Gasteiger partial charge in [0.1, 0.15) is 5.75 Å². The first kappa shape index (κ1) is 21.6. The first-order chi connectivity index (χ1) is 13.3. The van der Waals surface area contributed by atoms with Gasteiger partial charge in [-0.1, -0.05) is 26.0 Å². The third kappa shape index (κ3) is 4.97. The van der Waals surface area contributed by atoms with Crippen LogP contribution < -0.4 is 19.5 Å². The number of rotatable bonds is 8. The third-order valence-corrected chi connectivity index (χ3v) is 4.81. The van der Waals surface area contributed by atoms with Crippen LogP contribution in [0.3, 0.4) is 0 Å². The molecule has 0 aliphatic carbocycles. The molecule has 5 nitrogen and oxygen atoms in total. The lowest BCUT2D eigenvalue weighted by Gasteiger charge is -2.23. The number of hydrogen-bond donors (Lipinski definition) is 1. The second-order valence-corrected chi connectivity index (χ2v) is 7.25. The van der Waals surface area contributed by atoms with Gasteiger partial charge in [0.25, 0.3) is 5.91 Å². The van der Waals surface area contributed by atoms with Gasteiger partial charge in [0.2, 0.25) is 0 Å². The van der Waals surface area contributed by atoms with Crippen molar-refractivity contribution in [3.8, 4) is 17.2 Å². The van der Waals surface area contributed by atoms with Gasteiger partial charge in [0.15, 0.2) is 17.6 Å². The molecule has 1 N–H and O–H groups in total. The maximum atomic E-state index is 12.7. The molecule has 0 fully saturated rings. The minimum absolute atomic E-state index is 0.153. The van der Waals surface area contributed by atoms with Crippen molar-refractivity contribution in [1.29, 1.82) is 0 Å². The zero-order valence-corrected chi connectivity index (χ0v) is 17.8. The second-order valence-electron chi connectivity index (χ2n) is 7.25. The van der Waals surface area contributed by atoms with Gasteiger partial charge >= 0.3 is 0 Å². The molecule has 0 saturated heterocycles. The molecule has 5 heteroatoms. The molecule has 0 bridgehead atoms. The lowest BCUT2D eigenvalue weighted by atomic mass is 9.93. The maximum absolute atomic E-state index is 12.7. The van der Waals surface area contributed by atoms with Crippen LogP contribution in [0.4, 0.5) is 0 Å². The fourth-order valence-electron chi connectivity index (χ4n) is 3.18. The van der Waals surface area contributed by atoms with Crippen molar-refractivity contribution < 1.29 is 19.0 Å². The number of hydrogen-bond acceptors (Lipinski definition) is 4. The number of amides is 1. The van der Waals surface area contributed by atoms with E-state index in [0.29, 0.717) is 17.4 Å². The number of para-hydroxylation sites is 2. The van der Waals surface area contributed by atoms with Crippen LogP contribution in [0.15, 0.2) is 36.4 Å². The zero-order chi connectivity index (χ0) is 20.8. The summed E-state index contributed by atoms with van der Waals surface area (Å²) in [6.45, 7) is 9.99. The van der Waals surface area contributed by atoms with Gasteiger partial charge in [0, 0.05) is 0 Å². The van der Waals surface area contributed by atoms with Gasteiger partial charge in [-0.2, -0.15) is 0 Å². The molecule has 0 aliphatic rings. The molecule has 2 rings (SSSR count). The SMILES string of the molecule is COc1ccccc1OC(C)C(=O)NC(C)c1cc(C(C)C)c(OC)cc1C. The largest absolute Gasteiger partial charge is 0.496 e. The van der Waals surface area contributed by atoms with Crippen LogP contribution in [-0.2, 0) is 4.79 Å². The van der Waals surface area contributed by atoms with E-state index in [2.05, 4.69) is 25.2 Å². The van der Waals surface area contributed by atoms with E-state index in [9.17, 15) is 4.79 Å². The number of carbonyl (C=O) groups is 1. The Morgan fingerprint density at radius 3 is 2.07 bits per heavy atom. The highest BCUT2D eigenvalue weighted by atomic mass is 16.5. The average molecular weight is 386 g/mol. The highest BCUT2D eigenvalue weighted by molar-refractivity contribution is 5.81. The molecule has 2 atom stereocenters. The molecule has 28 heavy (non-hydrogen) atoms. The lowest BCUT2D eigenvalue weighted by molar-refractivity contribution is -0.127. The third-order valence-electron chi connectivity index (χ3n) is 4.81. The smallest absolute Gasteiger partial charge is 0.261 e. The van der Waals surface area contributed by atoms with Crippen molar-refractivity contribution in [3.05, 3.63) is 53.1 Å². The molecule has 2 unspecified atom stereocenters. The van der Waals surface area contributed by atoms with E-state index in [-0.39, 0.29) is 11.9 Å². The Kier molecular flexibility index (Phi) is 7.32. The van der Waals surface area contributed by atoms with Gasteiger partial charge in [-0.25, -0.2) is 0 Å². The van der Waals surface area contributed by atoms with Crippen molar-refractivity contribution in [1.82, 2.24) is 5.32 Å². The first-order valence-electron chi connectivity index (χ1n) is 9.56. The average Bonchev–Trinajstić information content (AvgIpc) is 2.67. The lowest BCUT2D eigenvalue weighted by Crippen LogP contribution is -2.38. The Morgan fingerprint density at radius 1 is 0.893 bits per heavy atom. The Morgan fingerprint density at radius 2 is 1.50 bits per heavy atom. The van der Waals surface area contributed by atoms with Gasteiger partial charge in [-0.15, -0.1) is 0 Å². The molecule has 0 heterocycles. The summed E-state index contributed by atoms with van der Waals surface area (Å²) in [6, 6.07) is 11.3. The molecule has 0 saturated carbocycles. The Labute approximate surface area is 168 Å². The van der Waals surface area contributed by atoms with E-state index >= 15 is 0 Å². The zero-order valence-electron chi connectivity index (χ0n) is 17.8. The van der Waals surface area contributed by atoms with Crippen LogP contribution in [0.25, 0.3) is 0 Å². The summed E-state index contributed by atoms with van der Waals surface area (Å²) in [5.74, 6) is 2.16. The fraction of sp³-hybridized carbons (Fsp3) is 0.435. The molecule has 152 valence electrons. The quantitative estimate of drug-likeness (QED) is 0.710. The van der Waals surface area contributed by atoms with E-state index < -0.39 is 6.10 Å². The van der Waals surface area contributed by atoms with E-state index in [1.807, 2.05) is 32.0 Å². The summed E-state index contributed by atoms with van der Waals surface area (Å²) in [4.78, 5) is 12.7. The van der Waals surface area contributed by atoms with Crippen molar-refractivity contribution in [2.24, 2.45) is 0 Å². The number of methoxy groups -OCH3 is 2. The minimum atomic E-state index is -0.651. The number of benzene rings is 2. The first-order valence-corrected chi connectivity index (χ1v) is 9.56. The van der Waals surface area contributed by atoms with Crippen molar-refractivity contribution >= 4 is 5.91 Å². The summed E-state index contributed by atoms with van der Waals surface area (Å²) in [6.07, 6.45) is -0.651. The van der Waals surface area contributed by atoms with Crippen LogP contribution in [-0.4, -0.2) is 26.2 Å². The highest BCUT2D eigenvalue weighted by Gasteiger charge is 2.21. The molecular formula is C23H31NO4. The van der Waals surface area contributed by atoms with E-state index in [1.165, 1.54) is 0 Å². The van der Waals surface area contributed by atoms with Crippen LogP contribution in [0, 0.1) is 6.92 Å². The van der Waals surface area contributed by atoms with Gasteiger partial charge < -0.3 is 19.5 Å². The summed E-state index contributed by atoms with van der Waals surface area (Å²) in [5, 5.41) is 3.05. The number of ether oxygens (including phenoxy) is 3. The van der Waals surface area contributed by atoms with E-state index in [0.717, 1.165) is 22.4 Å². The van der Waals surface area contributed by atoms with E-state index in [4.69, 9.17) is 14.2 Å². The molecule has 0 radical (unpaired) electrons. The van der Waals surface area contributed by atoms with Crippen molar-refractivity contribution in [3.63, 3.8) is 0 Å². The number of aryl methyl sites for hydroxylation is 1. The second kappa shape index (κ2) is 9.49. The monoisotopic (exact) mass is 385 g/mol. The summed E-state index contributed by atoms with van der Waals surface area (Å²) in [5.41, 5.74) is 3.28. The van der Waals surface area contributed by atoms with Crippen molar-refractivity contribution in [2.75, 3.05) is 14.2 Å². The Hall–Kier alpha value is -2.69. The van der Waals surface area contributed by atoms with Crippen LogP contribution in [0.2, 0.25) is 0 Å². The molecular weight excluding hydrogens is 354 g/mol. The normalized spacial score (nSPS) is 13.0. The predicted octanol–water partition coefficient (Wildman–Crippen LogP) is 4.78. The van der Waals surface area contributed by atoms with E-state index in [1.54, 1.807) is 33.3 Å². The maximum Gasteiger partial charge on any atom is 0.261 e. The summed E-state index contributed by atoms with van der Waals surface area (Å²) in [7, 11) is 3.26. The summed E-state index contributed by atoms with van der Waals surface area (Å²) >= 11 is 0. The number of nitrogens with one attached hydrogen (secondary N) is 1. The molecule has 2 aromatic rings. The highest BCUT2D eigenvalue weighted by Crippen LogP contribution is 2.32. The van der Waals surface area contributed by atoms with Crippen LogP contribution in [0.5, 0.6) is 17.2 Å². The van der Waals surface area contributed by atoms with Gasteiger partial charge in [-0.05, 0) is 67.6 Å². The molecule has 2 aromatic carbocycles. The van der Waals surface area contributed by atoms with Gasteiger partial charge in [0.05, 0.1) is 20.3 Å². The molecule has 0 spiro atoms. The van der Waals surface area contributed by atoms with Crippen LogP contribution in [0.1, 0.15) is 56.3 Å². The topological polar surface area (TPSA) is 56.8 Å². The summed E-state index contributed by atoms with van der Waals surface area (Å²) < 4.78 is 16.6. The fourth-order valence-corrected chi connectivity index (χ4v) is 3.18. The number of carbonyl (C=O) groups excluding carboxylic acids is 1. The molecule has 0 aliphatic heterocycles. The van der Waals surface area contributed by atoms with Crippen molar-refractivity contribution in [2.45, 2.75) is 52.7 Å². The minimum Gasteiger partial charge on any atom is -0.496 e. The van der Waals surface area contributed by atoms with Crippen LogP contribution >= 0.6 is 0 Å². The standard InChI is InChI=1S/C23H31NO4/c1-14(2)18-13-19(15(3)12-22(18)27-7)16(4)24-23(25)17(5)28-21-11-9-8-10-20(21)26-6/h8-14,16-17H,1-7H3,(H,24,25). The predicted molar refractivity (Wildman–Crippen MR) is 111 cm³/mol. The van der Waals surface area contributed by atoms with Gasteiger partial charge in [-0.3, -0.25) is 4.79 Å².